The van der Waals surface area contributed by atoms with Crippen LogP contribution in [-0.2, 0) is 9.53 Å². The molecule has 0 saturated heterocycles. The van der Waals surface area contributed by atoms with E-state index in [2.05, 4.69) is 6.92 Å². The first-order valence-corrected chi connectivity index (χ1v) is 10.9. The molecule has 9 rings (SSSR count). The SMILES string of the molecule is COC(=O)[C@@]12[C@@H]3[C@H]4CC[C@H]5[C@@H]4[C@@H]4[C@@H]3[C@@H]3[C@H]([C@H]6CCC[C@H]6[C@@H]31)[C@]4(C)[C@]52O. The van der Waals surface area contributed by atoms with Crippen molar-refractivity contribution in [2.24, 2.45) is 75.9 Å². The van der Waals surface area contributed by atoms with E-state index < -0.39 is 11.0 Å². The molecule has 3 heteroatoms. The first kappa shape index (κ1) is 13.6. The average molecular weight is 340 g/mol. The number of methoxy groups -OCH3 is 1. The Morgan fingerprint density at radius 2 is 1.60 bits per heavy atom. The van der Waals surface area contributed by atoms with Crippen molar-refractivity contribution in [2.45, 2.75) is 44.6 Å². The van der Waals surface area contributed by atoms with Crippen LogP contribution in [0.2, 0.25) is 0 Å². The minimum absolute atomic E-state index is 0.00220. The van der Waals surface area contributed by atoms with Crippen molar-refractivity contribution in [3.8, 4) is 0 Å². The fourth-order valence-corrected chi connectivity index (χ4v) is 13.0. The Kier molecular flexibility index (Phi) is 1.81. The molecule has 0 spiro atoms. The summed E-state index contributed by atoms with van der Waals surface area (Å²) in [5.74, 6) is 7.12. The van der Waals surface area contributed by atoms with Crippen LogP contribution in [0, 0.1) is 75.9 Å². The zero-order valence-electron chi connectivity index (χ0n) is 15.2. The summed E-state index contributed by atoms with van der Waals surface area (Å²) in [6.45, 7) is 2.45. The number of fused-ring (bicyclic) bond motifs is 1. The van der Waals surface area contributed by atoms with Crippen LogP contribution in [0.1, 0.15) is 39.0 Å². The molecule has 25 heavy (non-hydrogen) atoms. The van der Waals surface area contributed by atoms with Crippen LogP contribution in [0.25, 0.3) is 0 Å². The summed E-state index contributed by atoms with van der Waals surface area (Å²) < 4.78 is 5.56. The summed E-state index contributed by atoms with van der Waals surface area (Å²) in [7, 11) is 1.58. The smallest absolute Gasteiger partial charge is 0.315 e. The van der Waals surface area contributed by atoms with Gasteiger partial charge in [0.15, 0.2) is 0 Å². The van der Waals surface area contributed by atoms with E-state index >= 15 is 0 Å². The van der Waals surface area contributed by atoms with Gasteiger partial charge in [-0.2, -0.15) is 0 Å². The molecule has 0 amide bonds. The minimum Gasteiger partial charge on any atom is -0.468 e. The lowest BCUT2D eigenvalue weighted by atomic mass is 9.43. The molecule has 134 valence electrons. The van der Waals surface area contributed by atoms with Crippen LogP contribution in [-0.4, -0.2) is 23.8 Å². The fraction of sp³-hybridized carbons (Fsp3) is 0.955. The number of rotatable bonds is 1. The minimum atomic E-state index is -0.761. The Hall–Kier alpha value is -0.570. The Morgan fingerprint density at radius 3 is 2.36 bits per heavy atom. The zero-order chi connectivity index (χ0) is 16.7. The van der Waals surface area contributed by atoms with Crippen molar-refractivity contribution in [1.82, 2.24) is 0 Å². The summed E-state index contributed by atoms with van der Waals surface area (Å²) in [5, 5.41) is 12.6. The molecule has 0 aromatic heterocycles. The second-order valence-electron chi connectivity index (χ2n) is 11.4. The highest BCUT2D eigenvalue weighted by Crippen LogP contribution is 2.98. The topological polar surface area (TPSA) is 46.5 Å². The molecule has 9 aliphatic carbocycles. The summed E-state index contributed by atoms with van der Waals surface area (Å²) in [5.41, 5.74) is -1.30. The van der Waals surface area contributed by atoms with E-state index in [9.17, 15) is 9.90 Å². The Bertz CT molecular complexity index is 762. The molecule has 0 unspecified atom stereocenters. The van der Waals surface area contributed by atoms with Gasteiger partial charge in [-0.1, -0.05) is 13.3 Å². The third-order valence-corrected chi connectivity index (χ3v) is 12.2. The lowest BCUT2D eigenvalue weighted by Crippen LogP contribution is -2.72. The number of hydrogen-bond acceptors (Lipinski definition) is 3. The molecule has 0 aromatic carbocycles. The first-order chi connectivity index (χ1) is 12.1. The third-order valence-electron chi connectivity index (χ3n) is 12.2. The highest BCUT2D eigenvalue weighted by molar-refractivity contribution is 5.83. The predicted molar refractivity (Wildman–Crippen MR) is 89.0 cm³/mol. The van der Waals surface area contributed by atoms with E-state index in [-0.39, 0.29) is 11.4 Å². The molecule has 0 aliphatic heterocycles. The Balaban J connectivity index is 1.53. The molecule has 1 N–H and O–H groups in total. The number of hydrogen-bond donors (Lipinski definition) is 1. The summed E-state index contributed by atoms with van der Waals surface area (Å²) in [4.78, 5) is 13.6. The van der Waals surface area contributed by atoms with Gasteiger partial charge in [0.1, 0.15) is 5.41 Å². The first-order valence-electron chi connectivity index (χ1n) is 10.9. The summed E-state index contributed by atoms with van der Waals surface area (Å²) >= 11 is 0. The Labute approximate surface area is 148 Å². The van der Waals surface area contributed by atoms with Crippen LogP contribution in [0.4, 0.5) is 0 Å². The van der Waals surface area contributed by atoms with E-state index in [1.165, 1.54) is 32.1 Å². The maximum absolute atomic E-state index is 13.6. The van der Waals surface area contributed by atoms with Crippen LogP contribution >= 0.6 is 0 Å². The molecule has 0 aromatic rings. The highest BCUT2D eigenvalue weighted by atomic mass is 16.5. The average Bonchev–Trinajstić information content (AvgIpc) is 3.34. The van der Waals surface area contributed by atoms with Gasteiger partial charge < -0.3 is 9.84 Å². The van der Waals surface area contributed by atoms with Crippen LogP contribution in [0.3, 0.4) is 0 Å². The lowest BCUT2D eigenvalue weighted by molar-refractivity contribution is -0.262. The number of carbonyl (C=O) groups excluding carboxylic acids is 1. The van der Waals surface area contributed by atoms with E-state index in [1.54, 1.807) is 7.11 Å². The van der Waals surface area contributed by atoms with Gasteiger partial charge in [-0.05, 0) is 90.8 Å². The second-order valence-corrected chi connectivity index (χ2v) is 11.4. The normalized spacial score (nSPS) is 76.8. The van der Waals surface area contributed by atoms with Gasteiger partial charge in [0, 0.05) is 5.41 Å². The van der Waals surface area contributed by atoms with Gasteiger partial charge in [0.2, 0.25) is 0 Å². The highest BCUT2D eigenvalue weighted by Gasteiger charge is 3.01. The van der Waals surface area contributed by atoms with Gasteiger partial charge >= 0.3 is 5.97 Å². The van der Waals surface area contributed by atoms with Crippen molar-refractivity contribution in [2.75, 3.05) is 7.11 Å². The molecule has 9 bridgehead atoms. The fourth-order valence-electron chi connectivity index (χ4n) is 13.0. The number of aliphatic hydroxyl groups is 1. The standard InChI is InChI=1S/C22H28O3/c1-20-15-8-4-3-5-9(8)16-13(15)14-17-10-6-7-11(12(10)18(14)20)22(20,24)21(16,17)19(23)25-2/h8-18,24H,3-7H2,1-2H3/t8-,9+,10-,11-,12+,13+,14+,15-,16-,17+,18+,20-,21-,22+/m0/s1. The molecule has 0 heterocycles. The maximum atomic E-state index is 13.6. The molecular weight excluding hydrogens is 312 g/mol. The third kappa shape index (κ3) is 0.822. The van der Waals surface area contributed by atoms with Crippen LogP contribution in [0.5, 0.6) is 0 Å². The van der Waals surface area contributed by atoms with Crippen molar-refractivity contribution in [3.05, 3.63) is 0 Å². The number of esters is 1. The van der Waals surface area contributed by atoms with Gasteiger partial charge in [-0.15, -0.1) is 0 Å². The molecule has 9 fully saturated rings. The van der Waals surface area contributed by atoms with Crippen LogP contribution in [0.15, 0.2) is 0 Å². The zero-order valence-corrected chi connectivity index (χ0v) is 15.2. The maximum Gasteiger partial charge on any atom is 0.315 e. The summed E-state index contributed by atoms with van der Waals surface area (Å²) in [6.07, 6.45) is 6.43. The molecule has 9 saturated carbocycles. The Morgan fingerprint density at radius 1 is 0.920 bits per heavy atom. The molecule has 9 aliphatic rings. The van der Waals surface area contributed by atoms with Gasteiger partial charge in [-0.25, -0.2) is 0 Å². The van der Waals surface area contributed by atoms with Gasteiger partial charge in [0.25, 0.3) is 0 Å². The van der Waals surface area contributed by atoms with Gasteiger partial charge in [-0.3, -0.25) is 4.79 Å². The second kappa shape index (κ2) is 3.34. The van der Waals surface area contributed by atoms with Gasteiger partial charge in [0.05, 0.1) is 12.7 Å². The number of ether oxygens (including phenoxy) is 1. The summed E-state index contributed by atoms with van der Waals surface area (Å²) in [6, 6.07) is 0. The van der Waals surface area contributed by atoms with Crippen molar-refractivity contribution < 1.29 is 14.6 Å². The van der Waals surface area contributed by atoms with E-state index in [0.717, 1.165) is 29.6 Å². The lowest BCUT2D eigenvalue weighted by Gasteiger charge is -2.62. The number of carbonyl (C=O) groups is 1. The molecule has 14 atom stereocenters. The predicted octanol–water partition coefficient (Wildman–Crippen LogP) is 2.72. The van der Waals surface area contributed by atoms with Crippen molar-refractivity contribution in [3.63, 3.8) is 0 Å². The monoisotopic (exact) mass is 340 g/mol. The quantitative estimate of drug-likeness (QED) is 0.747. The molecule has 0 radical (unpaired) electrons. The molecule has 3 nitrogen and oxygen atoms in total. The largest absolute Gasteiger partial charge is 0.468 e. The van der Waals surface area contributed by atoms with Crippen molar-refractivity contribution >= 4 is 5.97 Å². The molecular formula is C22H28O3. The van der Waals surface area contributed by atoms with E-state index in [4.69, 9.17) is 4.74 Å². The van der Waals surface area contributed by atoms with E-state index in [1.807, 2.05) is 0 Å². The van der Waals surface area contributed by atoms with Crippen molar-refractivity contribution in [1.29, 1.82) is 0 Å². The van der Waals surface area contributed by atoms with Crippen LogP contribution < -0.4 is 0 Å². The van der Waals surface area contributed by atoms with E-state index in [0.29, 0.717) is 35.5 Å².